The maximum atomic E-state index is 12.7. The first-order chi connectivity index (χ1) is 10.8. The number of halogens is 2. The molecule has 0 saturated carbocycles. The standard InChI is InChI=1S/C15H19F2N3O2S/c1-9(21)5-20(7-14(16)17)15(22)13-4-11(6-19(13)3)12-8-23-10(2)18-12/h4,6,8-9,14,21H,5,7H2,1-3H3. The topological polar surface area (TPSA) is 58.4 Å². The van der Waals surface area contributed by atoms with E-state index in [2.05, 4.69) is 4.98 Å². The number of rotatable bonds is 6. The maximum Gasteiger partial charge on any atom is 0.270 e. The van der Waals surface area contributed by atoms with Crippen LogP contribution in [0.4, 0.5) is 8.78 Å². The molecule has 0 aromatic carbocycles. The van der Waals surface area contributed by atoms with Crippen molar-refractivity contribution in [3.63, 3.8) is 0 Å². The van der Waals surface area contributed by atoms with Crippen LogP contribution in [0.15, 0.2) is 17.6 Å². The molecule has 5 nitrogen and oxygen atoms in total. The molecule has 0 fully saturated rings. The zero-order valence-electron chi connectivity index (χ0n) is 13.2. The number of aromatic nitrogens is 2. The number of nitrogens with zero attached hydrogens (tertiary/aromatic N) is 3. The Morgan fingerprint density at radius 3 is 2.70 bits per heavy atom. The van der Waals surface area contributed by atoms with E-state index in [0.29, 0.717) is 0 Å². The Labute approximate surface area is 137 Å². The lowest BCUT2D eigenvalue weighted by Crippen LogP contribution is -2.40. The third-order valence-electron chi connectivity index (χ3n) is 3.27. The molecule has 1 atom stereocenters. The van der Waals surface area contributed by atoms with Gasteiger partial charge in [-0.25, -0.2) is 13.8 Å². The Balaban J connectivity index is 2.28. The van der Waals surface area contributed by atoms with Crippen LogP contribution in [0.5, 0.6) is 0 Å². The van der Waals surface area contributed by atoms with Crippen molar-refractivity contribution >= 4 is 17.2 Å². The van der Waals surface area contributed by atoms with Crippen molar-refractivity contribution in [1.82, 2.24) is 14.5 Å². The number of aryl methyl sites for hydroxylation is 2. The third-order valence-corrected chi connectivity index (χ3v) is 4.04. The van der Waals surface area contributed by atoms with E-state index in [0.717, 1.165) is 21.2 Å². The molecule has 0 aliphatic carbocycles. The van der Waals surface area contributed by atoms with Gasteiger partial charge in [-0.3, -0.25) is 4.79 Å². The quantitative estimate of drug-likeness (QED) is 0.877. The molecule has 0 spiro atoms. The zero-order chi connectivity index (χ0) is 17.1. The van der Waals surface area contributed by atoms with Crippen LogP contribution >= 0.6 is 11.3 Å². The van der Waals surface area contributed by atoms with Gasteiger partial charge in [-0.2, -0.15) is 0 Å². The summed E-state index contributed by atoms with van der Waals surface area (Å²) < 4.78 is 27.0. The van der Waals surface area contributed by atoms with E-state index in [9.17, 15) is 18.7 Å². The SMILES string of the molecule is Cc1nc(-c2cc(C(=O)N(CC(C)O)CC(F)F)n(C)c2)cs1. The molecule has 1 unspecified atom stereocenters. The van der Waals surface area contributed by atoms with Crippen molar-refractivity contribution in [3.8, 4) is 11.3 Å². The van der Waals surface area contributed by atoms with Gasteiger partial charge in [-0.1, -0.05) is 0 Å². The second-order valence-electron chi connectivity index (χ2n) is 5.43. The number of hydrogen-bond acceptors (Lipinski definition) is 4. The van der Waals surface area contributed by atoms with Crippen molar-refractivity contribution in [2.24, 2.45) is 7.05 Å². The van der Waals surface area contributed by atoms with E-state index >= 15 is 0 Å². The average Bonchev–Trinajstić information content (AvgIpc) is 3.02. The van der Waals surface area contributed by atoms with Crippen LogP contribution in [0.1, 0.15) is 22.4 Å². The average molecular weight is 343 g/mol. The first-order valence-corrected chi connectivity index (χ1v) is 8.00. The number of carbonyl (C=O) groups excluding carboxylic acids is 1. The van der Waals surface area contributed by atoms with Crippen molar-refractivity contribution in [2.75, 3.05) is 13.1 Å². The van der Waals surface area contributed by atoms with Gasteiger partial charge in [0.25, 0.3) is 12.3 Å². The highest BCUT2D eigenvalue weighted by atomic mass is 32.1. The van der Waals surface area contributed by atoms with Gasteiger partial charge in [0.05, 0.1) is 23.4 Å². The number of aliphatic hydroxyl groups excluding tert-OH is 1. The van der Waals surface area contributed by atoms with Crippen LogP contribution in [-0.2, 0) is 7.05 Å². The minimum atomic E-state index is -2.65. The second-order valence-corrected chi connectivity index (χ2v) is 6.49. The van der Waals surface area contributed by atoms with Gasteiger partial charge in [0.2, 0.25) is 0 Å². The smallest absolute Gasteiger partial charge is 0.270 e. The highest BCUT2D eigenvalue weighted by Crippen LogP contribution is 2.24. The molecule has 2 aromatic rings. The van der Waals surface area contributed by atoms with Crippen LogP contribution in [0, 0.1) is 6.92 Å². The highest BCUT2D eigenvalue weighted by molar-refractivity contribution is 7.09. The number of alkyl halides is 2. The monoisotopic (exact) mass is 343 g/mol. The van der Waals surface area contributed by atoms with Gasteiger partial charge in [0, 0.05) is 30.7 Å². The summed E-state index contributed by atoms with van der Waals surface area (Å²) in [7, 11) is 1.68. The number of amides is 1. The number of carbonyl (C=O) groups is 1. The van der Waals surface area contributed by atoms with E-state index in [-0.39, 0.29) is 12.2 Å². The summed E-state index contributed by atoms with van der Waals surface area (Å²) in [5.41, 5.74) is 1.79. The van der Waals surface area contributed by atoms with E-state index in [1.165, 1.54) is 18.3 Å². The number of hydrogen-bond donors (Lipinski definition) is 1. The molecule has 1 amide bonds. The molecule has 1 N–H and O–H groups in total. The molecule has 0 saturated heterocycles. The van der Waals surface area contributed by atoms with Crippen molar-refractivity contribution < 1.29 is 18.7 Å². The predicted molar refractivity (Wildman–Crippen MR) is 84.8 cm³/mol. The van der Waals surface area contributed by atoms with Crippen LogP contribution < -0.4 is 0 Å². The summed E-state index contributed by atoms with van der Waals surface area (Å²) in [6, 6.07) is 1.64. The second kappa shape index (κ2) is 7.18. The fraction of sp³-hybridized carbons (Fsp3) is 0.467. The molecule has 0 aliphatic heterocycles. The summed E-state index contributed by atoms with van der Waals surface area (Å²) in [4.78, 5) is 17.9. The van der Waals surface area contributed by atoms with Crippen molar-refractivity contribution in [1.29, 1.82) is 0 Å². The molecule has 2 aromatic heterocycles. The molecule has 0 radical (unpaired) electrons. The molecule has 23 heavy (non-hydrogen) atoms. The van der Waals surface area contributed by atoms with Gasteiger partial charge >= 0.3 is 0 Å². The molecule has 2 heterocycles. The third kappa shape index (κ3) is 4.35. The van der Waals surface area contributed by atoms with E-state index in [1.54, 1.807) is 23.9 Å². The molecular weight excluding hydrogens is 324 g/mol. The van der Waals surface area contributed by atoms with E-state index < -0.39 is 25.0 Å². The fourth-order valence-corrected chi connectivity index (χ4v) is 2.92. The zero-order valence-corrected chi connectivity index (χ0v) is 14.0. The summed E-state index contributed by atoms with van der Waals surface area (Å²) in [5, 5.41) is 12.2. The Kier molecular flexibility index (Phi) is 5.48. The van der Waals surface area contributed by atoms with Crippen molar-refractivity contribution in [2.45, 2.75) is 26.4 Å². The number of aliphatic hydroxyl groups is 1. The first-order valence-electron chi connectivity index (χ1n) is 7.12. The lowest BCUT2D eigenvalue weighted by Gasteiger charge is -2.23. The minimum Gasteiger partial charge on any atom is -0.392 e. The minimum absolute atomic E-state index is 0.139. The lowest BCUT2D eigenvalue weighted by atomic mass is 10.2. The summed E-state index contributed by atoms with van der Waals surface area (Å²) in [6.45, 7) is 2.50. The Morgan fingerprint density at radius 2 is 2.17 bits per heavy atom. The molecule has 0 bridgehead atoms. The summed E-state index contributed by atoms with van der Waals surface area (Å²) in [5.74, 6) is -0.535. The Bertz CT molecular complexity index is 672. The highest BCUT2D eigenvalue weighted by Gasteiger charge is 2.24. The Morgan fingerprint density at radius 1 is 1.48 bits per heavy atom. The van der Waals surface area contributed by atoms with E-state index in [1.807, 2.05) is 12.3 Å². The van der Waals surface area contributed by atoms with Gasteiger partial charge in [-0.15, -0.1) is 11.3 Å². The molecule has 0 aliphatic rings. The van der Waals surface area contributed by atoms with Crippen LogP contribution in [0.3, 0.4) is 0 Å². The summed E-state index contributed by atoms with van der Waals surface area (Å²) in [6.07, 6.45) is -1.79. The largest absolute Gasteiger partial charge is 0.392 e. The molecular formula is C15H19F2N3O2S. The normalized spacial score (nSPS) is 12.7. The Hall–Kier alpha value is -1.80. The maximum absolute atomic E-state index is 12.7. The van der Waals surface area contributed by atoms with Crippen LogP contribution in [0.2, 0.25) is 0 Å². The molecule has 8 heteroatoms. The predicted octanol–water partition coefficient (Wildman–Crippen LogP) is 2.55. The van der Waals surface area contributed by atoms with Gasteiger partial charge in [0.1, 0.15) is 5.69 Å². The molecule has 126 valence electrons. The van der Waals surface area contributed by atoms with Crippen LogP contribution in [0.25, 0.3) is 11.3 Å². The van der Waals surface area contributed by atoms with Crippen molar-refractivity contribution in [3.05, 3.63) is 28.3 Å². The number of thiazole rings is 1. The molecule has 2 rings (SSSR count). The lowest BCUT2D eigenvalue weighted by molar-refractivity contribution is 0.0413. The van der Waals surface area contributed by atoms with Gasteiger partial charge in [0.15, 0.2) is 0 Å². The van der Waals surface area contributed by atoms with Gasteiger partial charge < -0.3 is 14.6 Å². The van der Waals surface area contributed by atoms with Gasteiger partial charge in [-0.05, 0) is 19.9 Å². The summed E-state index contributed by atoms with van der Waals surface area (Å²) >= 11 is 1.50. The first kappa shape index (κ1) is 17.6. The van der Waals surface area contributed by atoms with E-state index in [4.69, 9.17) is 0 Å². The van der Waals surface area contributed by atoms with Crippen LogP contribution in [-0.4, -0.2) is 51.1 Å². The fourth-order valence-electron chi connectivity index (χ4n) is 2.30.